The summed E-state index contributed by atoms with van der Waals surface area (Å²) in [5, 5.41) is 4.52. The Balaban J connectivity index is 4.01. The first kappa shape index (κ1) is 43.4. The molecule has 0 aromatic carbocycles. The number of hydrogen-bond donors (Lipinski definition) is 0. The minimum Gasteiger partial charge on any atom is -0.393 e. The zero-order valence-electron chi connectivity index (χ0n) is 30.8. The Bertz CT molecular complexity index is 521. The van der Waals surface area contributed by atoms with E-state index in [0.29, 0.717) is 19.8 Å². The lowest BCUT2D eigenvalue weighted by Gasteiger charge is -2.16. The van der Waals surface area contributed by atoms with Gasteiger partial charge < -0.3 is 14.3 Å². The van der Waals surface area contributed by atoms with Gasteiger partial charge in [-0.05, 0) is 32.6 Å². The Morgan fingerprint density at radius 1 is 0.455 bits per heavy atom. The lowest BCUT2D eigenvalue weighted by atomic mass is 10.0. The highest BCUT2D eigenvalue weighted by Crippen LogP contribution is 2.19. The summed E-state index contributed by atoms with van der Waals surface area (Å²) in [6.45, 7) is 8.64. The van der Waals surface area contributed by atoms with Crippen molar-refractivity contribution in [1.82, 2.24) is 0 Å². The van der Waals surface area contributed by atoms with E-state index in [1.54, 1.807) is 7.11 Å². The van der Waals surface area contributed by atoms with Crippen LogP contribution in [0, 0.1) is 0 Å². The van der Waals surface area contributed by atoms with Crippen molar-refractivity contribution in [3.8, 4) is 0 Å². The predicted octanol–water partition coefficient (Wildman–Crippen LogP) is 13.5. The van der Waals surface area contributed by atoms with Crippen LogP contribution in [0.4, 0.5) is 0 Å². The van der Waals surface area contributed by atoms with Crippen molar-refractivity contribution in [2.45, 2.75) is 226 Å². The number of ether oxygens (including phenoxy) is 2. The molecular formula is C40H81NO3. The predicted molar refractivity (Wildman–Crippen MR) is 195 cm³/mol. The van der Waals surface area contributed by atoms with Gasteiger partial charge in [-0.1, -0.05) is 186 Å². The summed E-state index contributed by atoms with van der Waals surface area (Å²) in [6, 6.07) is 0. The second-order valence-corrected chi connectivity index (χ2v) is 13.7. The molecule has 0 atom stereocenters. The molecule has 0 spiro atoms. The highest BCUT2D eigenvalue weighted by atomic mass is 16.6. The summed E-state index contributed by atoms with van der Waals surface area (Å²) in [6.07, 6.45) is 42.8. The van der Waals surface area contributed by atoms with E-state index in [2.05, 4.69) is 25.9 Å². The van der Waals surface area contributed by atoms with Gasteiger partial charge in [0.1, 0.15) is 6.10 Å². The average Bonchev–Trinajstić information content (AvgIpc) is 3.03. The molecule has 0 rings (SSSR count). The number of rotatable bonds is 38. The number of unbranched alkanes of at least 4 members (excludes halogenated alkanes) is 26. The normalized spacial score (nSPS) is 12.1. The lowest BCUT2D eigenvalue weighted by molar-refractivity contribution is 0.0413. The summed E-state index contributed by atoms with van der Waals surface area (Å²) < 4.78 is 10.7. The van der Waals surface area contributed by atoms with E-state index in [0.717, 1.165) is 25.0 Å². The number of oxime groups is 1. The van der Waals surface area contributed by atoms with E-state index in [1.165, 1.54) is 180 Å². The van der Waals surface area contributed by atoms with Gasteiger partial charge in [0.15, 0.2) is 0 Å². The Morgan fingerprint density at radius 2 is 0.795 bits per heavy atom. The smallest absolute Gasteiger partial charge is 0.127 e. The van der Waals surface area contributed by atoms with E-state index in [-0.39, 0.29) is 6.10 Å². The molecule has 0 aliphatic carbocycles. The van der Waals surface area contributed by atoms with Gasteiger partial charge >= 0.3 is 0 Å². The van der Waals surface area contributed by atoms with E-state index in [1.807, 2.05) is 0 Å². The van der Waals surface area contributed by atoms with Gasteiger partial charge in [-0.3, -0.25) is 0 Å². The standard InChI is InChI=1S/C40H81NO3/c1-5-7-9-11-13-15-17-19-21-23-25-27-29-31-33-40(44-41-39(3)35-36-43-38-37-42-4)34-32-30-28-26-24-22-20-18-16-14-12-10-8-6-2/h40H,5-38H2,1-4H3/b41-39-. The average molecular weight is 624 g/mol. The third kappa shape index (κ3) is 35.9. The van der Waals surface area contributed by atoms with Crippen LogP contribution in [0.1, 0.15) is 220 Å². The lowest BCUT2D eigenvalue weighted by Crippen LogP contribution is -2.12. The van der Waals surface area contributed by atoms with Crippen molar-refractivity contribution in [2.75, 3.05) is 26.9 Å². The molecule has 0 aromatic rings. The minimum atomic E-state index is 0.272. The largest absolute Gasteiger partial charge is 0.393 e. The summed E-state index contributed by atoms with van der Waals surface area (Å²) >= 11 is 0. The van der Waals surface area contributed by atoms with Crippen LogP contribution in [0.15, 0.2) is 5.16 Å². The topological polar surface area (TPSA) is 40.0 Å². The molecule has 0 aromatic heterocycles. The quantitative estimate of drug-likeness (QED) is 0.0390. The second-order valence-electron chi connectivity index (χ2n) is 13.7. The Kier molecular flexibility index (Phi) is 38.0. The molecule has 0 N–H and O–H groups in total. The van der Waals surface area contributed by atoms with Gasteiger partial charge in [-0.2, -0.15) is 0 Å². The number of nitrogens with zero attached hydrogens (tertiary/aromatic N) is 1. The fourth-order valence-electron chi connectivity index (χ4n) is 6.06. The molecule has 4 nitrogen and oxygen atoms in total. The first-order valence-electron chi connectivity index (χ1n) is 20.0. The Morgan fingerprint density at radius 3 is 1.14 bits per heavy atom. The van der Waals surface area contributed by atoms with Crippen LogP contribution >= 0.6 is 0 Å². The monoisotopic (exact) mass is 624 g/mol. The number of methoxy groups -OCH3 is 1. The van der Waals surface area contributed by atoms with Crippen LogP contribution in [0.3, 0.4) is 0 Å². The number of hydrogen-bond acceptors (Lipinski definition) is 4. The van der Waals surface area contributed by atoms with Crippen LogP contribution in [0.25, 0.3) is 0 Å². The molecule has 0 fully saturated rings. The highest BCUT2D eigenvalue weighted by Gasteiger charge is 2.10. The van der Waals surface area contributed by atoms with Gasteiger partial charge in [0, 0.05) is 13.5 Å². The fraction of sp³-hybridized carbons (Fsp3) is 0.975. The van der Waals surface area contributed by atoms with Crippen LogP contribution in [-0.4, -0.2) is 38.7 Å². The molecule has 4 heteroatoms. The fourth-order valence-corrected chi connectivity index (χ4v) is 6.06. The van der Waals surface area contributed by atoms with Crippen molar-refractivity contribution in [3.63, 3.8) is 0 Å². The molecule has 264 valence electrons. The molecule has 0 aliphatic heterocycles. The van der Waals surface area contributed by atoms with E-state index < -0.39 is 0 Å². The maximum absolute atomic E-state index is 6.12. The van der Waals surface area contributed by atoms with Crippen LogP contribution < -0.4 is 0 Å². The summed E-state index contributed by atoms with van der Waals surface area (Å²) in [7, 11) is 1.71. The molecule has 0 unspecified atom stereocenters. The molecule has 0 saturated carbocycles. The molecule has 0 radical (unpaired) electrons. The first-order valence-corrected chi connectivity index (χ1v) is 20.0. The molecular weight excluding hydrogens is 542 g/mol. The SMILES string of the molecule is CCCCCCCCCCCCCCCCC(CCCCCCCCCCCCCCCC)O/N=C(/C)CCOCCOC. The maximum atomic E-state index is 6.12. The highest BCUT2D eigenvalue weighted by molar-refractivity contribution is 5.81. The van der Waals surface area contributed by atoms with Gasteiger partial charge in [0.25, 0.3) is 0 Å². The van der Waals surface area contributed by atoms with Gasteiger partial charge in [-0.15, -0.1) is 0 Å². The van der Waals surface area contributed by atoms with E-state index >= 15 is 0 Å². The third-order valence-corrected chi connectivity index (χ3v) is 9.16. The Hall–Kier alpha value is -0.610. The van der Waals surface area contributed by atoms with Gasteiger partial charge in [-0.25, -0.2) is 0 Å². The maximum Gasteiger partial charge on any atom is 0.127 e. The molecule has 0 aliphatic rings. The summed E-state index contributed by atoms with van der Waals surface area (Å²) in [5.41, 5.74) is 1.04. The van der Waals surface area contributed by atoms with E-state index in [4.69, 9.17) is 14.3 Å². The molecule has 0 amide bonds. The van der Waals surface area contributed by atoms with Crippen LogP contribution in [-0.2, 0) is 14.3 Å². The molecule has 44 heavy (non-hydrogen) atoms. The van der Waals surface area contributed by atoms with Crippen molar-refractivity contribution in [3.05, 3.63) is 0 Å². The third-order valence-electron chi connectivity index (χ3n) is 9.16. The summed E-state index contributed by atoms with van der Waals surface area (Å²) in [5.74, 6) is 0. The molecule has 0 heterocycles. The minimum absolute atomic E-state index is 0.272. The molecule has 0 bridgehead atoms. The van der Waals surface area contributed by atoms with Crippen molar-refractivity contribution < 1.29 is 14.3 Å². The van der Waals surface area contributed by atoms with Crippen LogP contribution in [0.2, 0.25) is 0 Å². The zero-order chi connectivity index (χ0) is 32.0. The van der Waals surface area contributed by atoms with Crippen LogP contribution in [0.5, 0.6) is 0 Å². The molecule has 0 saturated heterocycles. The van der Waals surface area contributed by atoms with E-state index in [9.17, 15) is 0 Å². The van der Waals surface area contributed by atoms with Gasteiger partial charge in [0.2, 0.25) is 0 Å². The van der Waals surface area contributed by atoms with Crippen molar-refractivity contribution in [2.24, 2.45) is 5.16 Å². The Labute approximate surface area is 277 Å². The van der Waals surface area contributed by atoms with Crippen molar-refractivity contribution >= 4 is 5.71 Å². The second kappa shape index (κ2) is 38.6. The van der Waals surface area contributed by atoms with Gasteiger partial charge in [0.05, 0.1) is 25.5 Å². The van der Waals surface area contributed by atoms with Crippen molar-refractivity contribution in [1.29, 1.82) is 0 Å². The summed E-state index contributed by atoms with van der Waals surface area (Å²) in [4.78, 5) is 6.12. The zero-order valence-corrected chi connectivity index (χ0v) is 30.8. The first-order chi connectivity index (χ1) is 21.7.